The van der Waals surface area contributed by atoms with Gasteiger partial charge < -0.3 is 10.6 Å². The first-order valence-electron chi connectivity index (χ1n) is 9.58. The number of benzene rings is 2. The van der Waals surface area contributed by atoms with Crippen LogP contribution in [0.4, 0.5) is 5.69 Å². The molecule has 1 aliphatic rings. The third kappa shape index (κ3) is 5.88. The smallest absolute Gasteiger partial charge is 0.240 e. The normalized spacial score (nSPS) is 13.9. The predicted octanol–water partition coefficient (Wildman–Crippen LogP) is 2.25. The summed E-state index contributed by atoms with van der Waals surface area (Å²) in [5.41, 5.74) is 3.59. The van der Waals surface area contributed by atoms with Crippen LogP contribution >= 0.6 is 0 Å². The molecule has 8 heteroatoms. The largest absolute Gasteiger partial charge is 0.352 e. The van der Waals surface area contributed by atoms with Crippen LogP contribution in [0.15, 0.2) is 47.4 Å². The molecule has 3 rings (SSSR count). The molecule has 0 fully saturated rings. The Hall–Kier alpha value is -2.71. The van der Waals surface area contributed by atoms with Gasteiger partial charge in [0.1, 0.15) is 0 Å². The zero-order valence-electron chi connectivity index (χ0n) is 16.3. The number of carbonyl (C=O) groups excluding carboxylic acids is 2. The van der Waals surface area contributed by atoms with Crippen molar-refractivity contribution >= 4 is 27.5 Å². The molecule has 2 amide bonds. The van der Waals surface area contributed by atoms with Crippen LogP contribution in [0, 0.1) is 6.92 Å². The maximum absolute atomic E-state index is 12.5. The molecule has 154 valence electrons. The highest BCUT2D eigenvalue weighted by Crippen LogP contribution is 2.25. The number of anilines is 1. The molecule has 0 aliphatic carbocycles. The Morgan fingerprint density at radius 3 is 2.62 bits per heavy atom. The minimum atomic E-state index is -3.73. The van der Waals surface area contributed by atoms with Gasteiger partial charge in [-0.1, -0.05) is 29.8 Å². The number of fused-ring (bicyclic) bond motifs is 1. The topological polar surface area (TPSA) is 104 Å². The number of hydrogen-bond acceptors (Lipinski definition) is 4. The van der Waals surface area contributed by atoms with Crippen molar-refractivity contribution < 1.29 is 18.0 Å². The highest BCUT2D eigenvalue weighted by atomic mass is 32.2. The monoisotopic (exact) mass is 415 g/mol. The van der Waals surface area contributed by atoms with Gasteiger partial charge in [-0.25, -0.2) is 13.1 Å². The molecular weight excluding hydrogens is 390 g/mol. The van der Waals surface area contributed by atoms with Crippen LogP contribution < -0.4 is 15.4 Å². The van der Waals surface area contributed by atoms with Crippen LogP contribution in [-0.4, -0.2) is 26.8 Å². The quantitative estimate of drug-likeness (QED) is 0.645. The first kappa shape index (κ1) is 21.0. The zero-order chi connectivity index (χ0) is 20.9. The lowest BCUT2D eigenvalue weighted by atomic mass is 10.1. The van der Waals surface area contributed by atoms with Crippen molar-refractivity contribution in [1.82, 2.24) is 10.0 Å². The Kier molecular flexibility index (Phi) is 6.66. The molecule has 29 heavy (non-hydrogen) atoms. The Bertz CT molecular complexity index is 1000. The van der Waals surface area contributed by atoms with Crippen molar-refractivity contribution in [1.29, 1.82) is 0 Å². The average Bonchev–Trinajstić information content (AvgIpc) is 2.87. The van der Waals surface area contributed by atoms with Gasteiger partial charge in [0.15, 0.2) is 0 Å². The third-order valence-corrected chi connectivity index (χ3v) is 6.22. The fourth-order valence-electron chi connectivity index (χ4n) is 3.10. The Morgan fingerprint density at radius 1 is 1.10 bits per heavy atom. The standard InChI is InChI=1S/C21H25N3O4S/c1-15-5-7-16(8-6-15)14-22-20(25)11-12-23-29(27,28)18-9-10-19-17(13-18)3-2-4-21(26)24-19/h5-10,13,23H,2-4,11-12,14H2,1H3,(H,22,25)(H,24,26). The van der Waals surface area contributed by atoms with Gasteiger partial charge in [-0.2, -0.15) is 0 Å². The molecule has 0 bridgehead atoms. The lowest BCUT2D eigenvalue weighted by Crippen LogP contribution is -2.30. The van der Waals surface area contributed by atoms with Crippen molar-refractivity contribution in [2.45, 2.75) is 44.0 Å². The molecule has 7 nitrogen and oxygen atoms in total. The van der Waals surface area contributed by atoms with Crippen LogP contribution in [0.2, 0.25) is 0 Å². The van der Waals surface area contributed by atoms with E-state index < -0.39 is 10.0 Å². The molecule has 3 N–H and O–H groups in total. The number of aryl methyl sites for hydroxylation is 2. The maximum atomic E-state index is 12.5. The maximum Gasteiger partial charge on any atom is 0.240 e. The number of sulfonamides is 1. The van der Waals surface area contributed by atoms with Gasteiger partial charge in [-0.05, 0) is 49.1 Å². The lowest BCUT2D eigenvalue weighted by molar-refractivity contribution is -0.121. The molecule has 0 spiro atoms. The van der Waals surface area contributed by atoms with Gasteiger partial charge in [0.2, 0.25) is 21.8 Å². The van der Waals surface area contributed by atoms with Gasteiger partial charge in [0, 0.05) is 31.6 Å². The highest BCUT2D eigenvalue weighted by molar-refractivity contribution is 7.89. The Balaban J connectivity index is 1.52. The van der Waals surface area contributed by atoms with E-state index >= 15 is 0 Å². The fourth-order valence-corrected chi connectivity index (χ4v) is 4.18. The van der Waals surface area contributed by atoms with Gasteiger partial charge in [-0.3, -0.25) is 9.59 Å². The minimum Gasteiger partial charge on any atom is -0.352 e. The summed E-state index contributed by atoms with van der Waals surface area (Å²) in [5, 5.41) is 5.57. The summed E-state index contributed by atoms with van der Waals surface area (Å²) in [5.74, 6) is -0.285. The first-order valence-corrected chi connectivity index (χ1v) is 11.1. The van der Waals surface area contributed by atoms with Gasteiger partial charge >= 0.3 is 0 Å². The highest BCUT2D eigenvalue weighted by Gasteiger charge is 2.19. The predicted molar refractivity (Wildman–Crippen MR) is 111 cm³/mol. The Morgan fingerprint density at radius 2 is 1.86 bits per heavy atom. The summed E-state index contributed by atoms with van der Waals surface area (Å²) in [7, 11) is -3.73. The SMILES string of the molecule is Cc1ccc(CNC(=O)CCNS(=O)(=O)c2ccc3c(c2)CCCC(=O)N3)cc1. The van der Waals surface area contributed by atoms with E-state index in [9.17, 15) is 18.0 Å². The average molecular weight is 416 g/mol. The van der Waals surface area contributed by atoms with E-state index in [0.29, 0.717) is 31.5 Å². The molecule has 0 radical (unpaired) electrons. The van der Waals surface area contributed by atoms with Crippen LogP contribution in [-0.2, 0) is 32.6 Å². The molecule has 0 saturated carbocycles. The van der Waals surface area contributed by atoms with Crippen molar-refractivity contribution in [3.8, 4) is 0 Å². The molecule has 2 aromatic rings. The second kappa shape index (κ2) is 9.19. The van der Waals surface area contributed by atoms with E-state index in [0.717, 1.165) is 16.7 Å². The van der Waals surface area contributed by atoms with E-state index in [1.54, 1.807) is 12.1 Å². The summed E-state index contributed by atoms with van der Waals surface area (Å²) < 4.78 is 27.5. The minimum absolute atomic E-state index is 0.00981. The molecular formula is C21H25N3O4S. The molecule has 2 aromatic carbocycles. The number of rotatable bonds is 7. The zero-order valence-corrected chi connectivity index (χ0v) is 17.1. The summed E-state index contributed by atoms with van der Waals surface area (Å²) in [6.07, 6.45) is 1.79. The summed E-state index contributed by atoms with van der Waals surface area (Å²) >= 11 is 0. The molecule has 1 aliphatic heterocycles. The summed E-state index contributed by atoms with van der Waals surface area (Å²) in [6.45, 7) is 2.41. The number of amides is 2. The van der Waals surface area contributed by atoms with Crippen molar-refractivity contribution in [2.75, 3.05) is 11.9 Å². The van der Waals surface area contributed by atoms with Crippen LogP contribution in [0.1, 0.15) is 36.0 Å². The first-order chi connectivity index (χ1) is 13.8. The van der Waals surface area contributed by atoms with Crippen molar-refractivity contribution in [3.05, 3.63) is 59.2 Å². The molecule has 0 aromatic heterocycles. The lowest BCUT2D eigenvalue weighted by Gasteiger charge is -2.11. The third-order valence-electron chi connectivity index (χ3n) is 4.77. The van der Waals surface area contributed by atoms with Crippen LogP contribution in [0.5, 0.6) is 0 Å². The number of hydrogen-bond donors (Lipinski definition) is 3. The van der Waals surface area contributed by atoms with Crippen molar-refractivity contribution in [3.63, 3.8) is 0 Å². The van der Waals surface area contributed by atoms with Gasteiger partial charge in [-0.15, -0.1) is 0 Å². The van der Waals surface area contributed by atoms with Gasteiger partial charge in [0.05, 0.1) is 4.90 Å². The van der Waals surface area contributed by atoms with Crippen LogP contribution in [0.3, 0.4) is 0 Å². The number of carbonyl (C=O) groups is 2. The number of nitrogens with one attached hydrogen (secondary N) is 3. The molecule has 0 atom stereocenters. The second-order valence-corrected chi connectivity index (χ2v) is 8.90. The van der Waals surface area contributed by atoms with E-state index in [1.807, 2.05) is 31.2 Å². The molecule has 0 saturated heterocycles. The Labute approximate surface area is 171 Å². The van der Waals surface area contributed by atoms with E-state index in [2.05, 4.69) is 15.4 Å². The van der Waals surface area contributed by atoms with Crippen LogP contribution in [0.25, 0.3) is 0 Å². The van der Waals surface area contributed by atoms with Gasteiger partial charge in [0.25, 0.3) is 0 Å². The summed E-state index contributed by atoms with van der Waals surface area (Å²) in [6, 6.07) is 12.5. The second-order valence-electron chi connectivity index (χ2n) is 7.13. The van der Waals surface area contributed by atoms with Crippen molar-refractivity contribution in [2.24, 2.45) is 0 Å². The molecule has 0 unspecified atom stereocenters. The van der Waals surface area contributed by atoms with E-state index in [4.69, 9.17) is 0 Å². The van der Waals surface area contributed by atoms with E-state index in [1.165, 1.54) is 6.07 Å². The summed E-state index contributed by atoms with van der Waals surface area (Å²) in [4.78, 5) is 23.7. The van der Waals surface area contributed by atoms with E-state index in [-0.39, 0.29) is 29.7 Å². The fraction of sp³-hybridized carbons (Fsp3) is 0.333. The molecule has 1 heterocycles.